The van der Waals surface area contributed by atoms with Crippen LogP contribution in [0.4, 0.5) is 15.9 Å². The molecule has 11 heteroatoms. The molecule has 2 aromatic carbocycles. The SMILES string of the molecule is CN(C)Cc1cc(Nn2nc(-c3ccc(F)c(NC(=O)c4cc5ccccc5s4)c3)ccc2=O)no1. The fourth-order valence-corrected chi connectivity index (χ4v) is 4.52. The first kappa shape index (κ1) is 23.4. The van der Waals surface area contributed by atoms with Crippen molar-refractivity contribution >= 4 is 38.8 Å². The van der Waals surface area contributed by atoms with Crippen molar-refractivity contribution in [1.82, 2.24) is 19.9 Å². The van der Waals surface area contributed by atoms with E-state index in [9.17, 15) is 14.0 Å². The average Bonchev–Trinajstić information content (AvgIpc) is 3.48. The standard InChI is InChI=1S/C25H21FN6O3S/c1-31(2)14-17-13-23(30-35-17)29-32-24(33)10-9-19(28-32)15-7-8-18(26)20(11-15)27-25(34)22-12-16-5-3-4-6-21(16)36-22/h3-13H,14H2,1-2H3,(H,27,34)(H,29,30). The number of rotatable bonds is 7. The Hall–Kier alpha value is -4.35. The van der Waals surface area contributed by atoms with Gasteiger partial charge in [0.15, 0.2) is 11.6 Å². The second-order valence-corrected chi connectivity index (χ2v) is 9.38. The summed E-state index contributed by atoms with van der Waals surface area (Å²) in [4.78, 5) is 28.5. The number of anilines is 2. The third-order valence-electron chi connectivity index (χ3n) is 5.21. The zero-order chi connectivity index (χ0) is 25.2. The van der Waals surface area contributed by atoms with Gasteiger partial charge in [0.1, 0.15) is 5.82 Å². The molecule has 0 atom stereocenters. The van der Waals surface area contributed by atoms with E-state index in [0.717, 1.165) is 14.9 Å². The highest BCUT2D eigenvalue weighted by molar-refractivity contribution is 7.20. The molecule has 36 heavy (non-hydrogen) atoms. The van der Waals surface area contributed by atoms with Gasteiger partial charge >= 0.3 is 0 Å². The van der Waals surface area contributed by atoms with E-state index in [1.54, 1.807) is 12.1 Å². The van der Waals surface area contributed by atoms with Crippen LogP contribution >= 0.6 is 11.3 Å². The van der Waals surface area contributed by atoms with Gasteiger partial charge in [0.05, 0.1) is 22.8 Å². The highest BCUT2D eigenvalue weighted by Crippen LogP contribution is 2.28. The first-order valence-corrected chi connectivity index (χ1v) is 11.7. The van der Waals surface area contributed by atoms with Crippen molar-refractivity contribution in [3.63, 3.8) is 0 Å². The maximum Gasteiger partial charge on any atom is 0.286 e. The molecule has 0 unspecified atom stereocenters. The monoisotopic (exact) mass is 504 g/mol. The summed E-state index contributed by atoms with van der Waals surface area (Å²) in [5.41, 5.74) is 3.27. The summed E-state index contributed by atoms with van der Waals surface area (Å²) in [6.07, 6.45) is 0. The summed E-state index contributed by atoms with van der Waals surface area (Å²) >= 11 is 1.33. The Morgan fingerprint density at radius 3 is 2.75 bits per heavy atom. The van der Waals surface area contributed by atoms with E-state index in [1.807, 2.05) is 43.3 Å². The Bertz CT molecular complexity index is 1590. The highest BCUT2D eigenvalue weighted by Gasteiger charge is 2.15. The number of hydrogen-bond acceptors (Lipinski definition) is 8. The Morgan fingerprint density at radius 2 is 1.94 bits per heavy atom. The van der Waals surface area contributed by atoms with Crippen LogP contribution in [0.3, 0.4) is 0 Å². The van der Waals surface area contributed by atoms with Crippen LogP contribution in [0.1, 0.15) is 15.4 Å². The molecule has 0 fully saturated rings. The summed E-state index contributed by atoms with van der Waals surface area (Å²) in [5.74, 6) is -0.0691. The summed E-state index contributed by atoms with van der Waals surface area (Å²) in [5, 5.41) is 11.8. The molecule has 182 valence electrons. The third kappa shape index (κ3) is 5.02. The van der Waals surface area contributed by atoms with Crippen LogP contribution in [-0.4, -0.2) is 39.9 Å². The normalized spacial score (nSPS) is 11.2. The summed E-state index contributed by atoms with van der Waals surface area (Å²) in [7, 11) is 3.79. The minimum atomic E-state index is -0.587. The molecule has 3 aromatic heterocycles. The Morgan fingerprint density at radius 1 is 1.11 bits per heavy atom. The zero-order valence-corrected chi connectivity index (χ0v) is 20.2. The molecular formula is C25H21FN6O3S. The predicted molar refractivity (Wildman–Crippen MR) is 137 cm³/mol. The molecule has 0 saturated heterocycles. The van der Waals surface area contributed by atoms with E-state index in [2.05, 4.69) is 21.0 Å². The second-order valence-electron chi connectivity index (χ2n) is 8.29. The number of nitrogens with one attached hydrogen (secondary N) is 2. The van der Waals surface area contributed by atoms with Crippen molar-refractivity contribution in [2.24, 2.45) is 0 Å². The van der Waals surface area contributed by atoms with Crippen molar-refractivity contribution < 1.29 is 13.7 Å². The first-order chi connectivity index (χ1) is 17.4. The number of hydrogen-bond donors (Lipinski definition) is 2. The van der Waals surface area contributed by atoms with E-state index in [0.29, 0.717) is 34.3 Å². The number of fused-ring (bicyclic) bond motifs is 1. The molecule has 0 saturated carbocycles. The average molecular weight is 505 g/mol. The van der Waals surface area contributed by atoms with Gasteiger partial charge in [-0.2, -0.15) is 0 Å². The van der Waals surface area contributed by atoms with Crippen molar-refractivity contribution in [2.45, 2.75) is 6.54 Å². The quantitative estimate of drug-likeness (QED) is 0.338. The molecule has 0 aliphatic rings. The molecule has 0 bridgehead atoms. The maximum absolute atomic E-state index is 14.6. The Balaban J connectivity index is 1.38. The van der Waals surface area contributed by atoms with E-state index in [-0.39, 0.29) is 5.69 Å². The number of carbonyl (C=O) groups excluding carboxylic acids is 1. The molecule has 1 amide bonds. The number of carbonyl (C=O) groups is 1. The van der Waals surface area contributed by atoms with Gasteiger partial charge in [-0.3, -0.25) is 15.0 Å². The van der Waals surface area contributed by atoms with E-state index < -0.39 is 17.3 Å². The van der Waals surface area contributed by atoms with Crippen molar-refractivity contribution in [3.05, 3.63) is 93.5 Å². The first-order valence-electron chi connectivity index (χ1n) is 10.9. The van der Waals surface area contributed by atoms with Crippen LogP contribution in [-0.2, 0) is 6.54 Å². The van der Waals surface area contributed by atoms with Gasteiger partial charge in [-0.15, -0.1) is 21.2 Å². The van der Waals surface area contributed by atoms with Crippen LogP contribution in [0.2, 0.25) is 0 Å². The van der Waals surface area contributed by atoms with Crippen LogP contribution in [0.15, 0.2) is 76.0 Å². The molecule has 9 nitrogen and oxygen atoms in total. The number of benzene rings is 2. The molecule has 2 N–H and O–H groups in total. The Kier molecular flexibility index (Phi) is 6.32. The highest BCUT2D eigenvalue weighted by atomic mass is 32.1. The molecule has 0 aliphatic carbocycles. The van der Waals surface area contributed by atoms with Crippen LogP contribution < -0.4 is 16.3 Å². The smallest absolute Gasteiger partial charge is 0.286 e. The summed E-state index contributed by atoms with van der Waals surface area (Å²) in [6.45, 7) is 0.544. The fraction of sp³-hybridized carbons (Fsp3) is 0.120. The Labute approximate surface area is 208 Å². The number of nitrogens with zero attached hydrogens (tertiary/aromatic N) is 4. The lowest BCUT2D eigenvalue weighted by Gasteiger charge is -2.10. The largest absolute Gasteiger partial charge is 0.358 e. The van der Waals surface area contributed by atoms with Gasteiger partial charge in [-0.25, -0.2) is 4.39 Å². The van der Waals surface area contributed by atoms with Crippen molar-refractivity contribution in [3.8, 4) is 11.3 Å². The second kappa shape index (κ2) is 9.72. The van der Waals surface area contributed by atoms with Crippen LogP contribution in [0, 0.1) is 5.82 Å². The van der Waals surface area contributed by atoms with Gasteiger partial charge < -0.3 is 14.7 Å². The third-order valence-corrected chi connectivity index (χ3v) is 6.33. The minimum absolute atomic E-state index is 0.00675. The van der Waals surface area contributed by atoms with Gasteiger partial charge in [0.2, 0.25) is 0 Å². The molecular weight excluding hydrogens is 483 g/mol. The molecule has 3 heterocycles. The fourth-order valence-electron chi connectivity index (χ4n) is 3.56. The molecule has 5 aromatic rings. The van der Waals surface area contributed by atoms with Gasteiger partial charge in [0, 0.05) is 22.4 Å². The lowest BCUT2D eigenvalue weighted by Crippen LogP contribution is -2.28. The van der Waals surface area contributed by atoms with E-state index in [1.165, 1.54) is 41.7 Å². The van der Waals surface area contributed by atoms with Crippen molar-refractivity contribution in [1.29, 1.82) is 0 Å². The maximum atomic E-state index is 14.6. The molecule has 0 spiro atoms. The number of thiophene rings is 1. The van der Waals surface area contributed by atoms with Gasteiger partial charge in [0.25, 0.3) is 11.5 Å². The van der Waals surface area contributed by atoms with Crippen LogP contribution in [0.5, 0.6) is 0 Å². The zero-order valence-electron chi connectivity index (χ0n) is 19.4. The van der Waals surface area contributed by atoms with Crippen molar-refractivity contribution in [2.75, 3.05) is 24.8 Å². The van der Waals surface area contributed by atoms with E-state index in [4.69, 9.17) is 4.52 Å². The molecule has 0 radical (unpaired) electrons. The van der Waals surface area contributed by atoms with Gasteiger partial charge in [-0.1, -0.05) is 23.4 Å². The molecule has 0 aliphatic heterocycles. The van der Waals surface area contributed by atoms with Crippen LogP contribution in [0.25, 0.3) is 21.3 Å². The number of amides is 1. The number of aromatic nitrogens is 3. The number of halogens is 1. The molecule has 5 rings (SSSR count). The summed E-state index contributed by atoms with van der Waals surface area (Å²) in [6, 6.07) is 18.2. The van der Waals surface area contributed by atoms with Gasteiger partial charge in [-0.05, 0) is 55.9 Å². The summed E-state index contributed by atoms with van der Waals surface area (Å²) < 4.78 is 20.8. The lowest BCUT2D eigenvalue weighted by molar-refractivity contribution is 0.103. The minimum Gasteiger partial charge on any atom is -0.358 e. The van der Waals surface area contributed by atoms with E-state index >= 15 is 0 Å². The topological polar surface area (TPSA) is 105 Å². The predicted octanol–water partition coefficient (Wildman–Crippen LogP) is 4.44. The lowest BCUT2D eigenvalue weighted by atomic mass is 10.1.